The van der Waals surface area contributed by atoms with E-state index in [-0.39, 0.29) is 18.3 Å². The minimum Gasteiger partial charge on any atom is -0.466 e. The van der Waals surface area contributed by atoms with Gasteiger partial charge in [-0.05, 0) is 25.5 Å². The molecule has 0 aliphatic carbocycles. The Labute approximate surface area is 160 Å². The molecule has 1 N–H and O–H groups in total. The van der Waals surface area contributed by atoms with Gasteiger partial charge in [-0.2, -0.15) is 5.10 Å². The highest BCUT2D eigenvalue weighted by Gasteiger charge is 2.19. The van der Waals surface area contributed by atoms with Crippen LogP contribution in [0.2, 0.25) is 0 Å². The quantitative estimate of drug-likeness (QED) is 0.628. The van der Waals surface area contributed by atoms with Crippen molar-refractivity contribution >= 4 is 28.3 Å². The summed E-state index contributed by atoms with van der Waals surface area (Å²) in [6.07, 6.45) is 3.90. The Bertz CT molecular complexity index is 936. The van der Waals surface area contributed by atoms with Gasteiger partial charge in [0, 0.05) is 11.6 Å². The van der Waals surface area contributed by atoms with Gasteiger partial charge in [0.1, 0.15) is 0 Å². The van der Waals surface area contributed by atoms with Crippen LogP contribution in [0, 0.1) is 0 Å². The predicted molar refractivity (Wildman–Crippen MR) is 101 cm³/mol. The Morgan fingerprint density at radius 3 is 2.85 bits per heavy atom. The molecule has 0 aromatic carbocycles. The van der Waals surface area contributed by atoms with Crippen LogP contribution in [0.5, 0.6) is 0 Å². The minimum absolute atomic E-state index is 0.0814. The number of rotatable bonds is 7. The molecule has 3 heterocycles. The van der Waals surface area contributed by atoms with Crippen molar-refractivity contribution in [3.63, 3.8) is 0 Å². The number of nitrogens with zero attached hydrogens (tertiary/aromatic N) is 4. The Morgan fingerprint density at radius 2 is 2.15 bits per heavy atom. The second-order valence-electron chi connectivity index (χ2n) is 5.54. The number of thiazole rings is 1. The molecule has 0 bridgehead atoms. The topological polar surface area (TPSA) is 99.0 Å². The summed E-state index contributed by atoms with van der Waals surface area (Å²) < 4.78 is 6.56. The van der Waals surface area contributed by atoms with Gasteiger partial charge in [0.05, 0.1) is 36.2 Å². The fourth-order valence-corrected chi connectivity index (χ4v) is 3.26. The summed E-state index contributed by atoms with van der Waals surface area (Å²) in [4.78, 5) is 32.7. The van der Waals surface area contributed by atoms with Crippen molar-refractivity contribution in [3.05, 3.63) is 52.9 Å². The van der Waals surface area contributed by atoms with E-state index in [2.05, 4.69) is 20.4 Å². The lowest BCUT2D eigenvalue weighted by atomic mass is 10.2. The van der Waals surface area contributed by atoms with Gasteiger partial charge in [-0.1, -0.05) is 13.0 Å². The molecule has 3 aromatic heterocycles. The Hall–Kier alpha value is -3.07. The number of aromatic nitrogens is 4. The van der Waals surface area contributed by atoms with Crippen LogP contribution in [0.1, 0.15) is 35.6 Å². The highest BCUT2D eigenvalue weighted by Crippen LogP contribution is 2.19. The van der Waals surface area contributed by atoms with Gasteiger partial charge >= 0.3 is 5.97 Å². The molecule has 9 heteroatoms. The van der Waals surface area contributed by atoms with Gasteiger partial charge in [-0.15, -0.1) is 11.3 Å². The normalized spacial score (nSPS) is 10.6. The zero-order valence-electron chi connectivity index (χ0n) is 15.0. The average Bonchev–Trinajstić information content (AvgIpc) is 3.29. The number of nitrogens with one attached hydrogen (secondary N) is 1. The molecule has 0 fully saturated rings. The van der Waals surface area contributed by atoms with E-state index in [0.717, 1.165) is 5.69 Å². The lowest BCUT2D eigenvalue weighted by Gasteiger charge is -2.06. The van der Waals surface area contributed by atoms with Gasteiger partial charge in [0.15, 0.2) is 10.9 Å². The monoisotopic (exact) mass is 385 g/mol. The molecule has 0 aliphatic rings. The van der Waals surface area contributed by atoms with E-state index in [0.29, 0.717) is 35.2 Å². The molecule has 3 aromatic rings. The minimum atomic E-state index is -0.342. The van der Waals surface area contributed by atoms with E-state index in [1.54, 1.807) is 23.2 Å². The number of esters is 1. The first kappa shape index (κ1) is 18.7. The number of anilines is 1. The van der Waals surface area contributed by atoms with Crippen LogP contribution in [0.3, 0.4) is 0 Å². The first-order chi connectivity index (χ1) is 13.1. The molecule has 0 aliphatic heterocycles. The number of carbonyl (C=O) groups excluding carboxylic acids is 2. The maximum Gasteiger partial charge on any atom is 0.311 e. The van der Waals surface area contributed by atoms with Crippen LogP contribution < -0.4 is 5.32 Å². The number of pyridine rings is 1. The third-order valence-electron chi connectivity index (χ3n) is 3.72. The molecule has 1 amide bonds. The second kappa shape index (κ2) is 8.54. The third-order valence-corrected chi connectivity index (χ3v) is 4.52. The lowest BCUT2D eigenvalue weighted by Crippen LogP contribution is -2.14. The summed E-state index contributed by atoms with van der Waals surface area (Å²) in [6.45, 7) is 4.03. The van der Waals surface area contributed by atoms with Crippen LogP contribution in [0.15, 0.2) is 36.0 Å². The summed E-state index contributed by atoms with van der Waals surface area (Å²) in [7, 11) is 0. The molecule has 0 radical (unpaired) electrons. The van der Waals surface area contributed by atoms with Crippen molar-refractivity contribution in [3.8, 4) is 5.82 Å². The molecule has 140 valence electrons. The summed E-state index contributed by atoms with van der Waals surface area (Å²) in [5.74, 6) is 0.0102. The lowest BCUT2D eigenvalue weighted by molar-refractivity contribution is -0.142. The van der Waals surface area contributed by atoms with Gasteiger partial charge in [0.25, 0.3) is 5.91 Å². The first-order valence-corrected chi connectivity index (χ1v) is 9.40. The van der Waals surface area contributed by atoms with Gasteiger partial charge in [-0.3, -0.25) is 14.9 Å². The van der Waals surface area contributed by atoms with Gasteiger partial charge < -0.3 is 4.74 Å². The number of carbonyl (C=O) groups is 2. The van der Waals surface area contributed by atoms with E-state index in [9.17, 15) is 9.59 Å². The van der Waals surface area contributed by atoms with Crippen LogP contribution in [0.4, 0.5) is 5.13 Å². The molecule has 0 spiro atoms. The number of amides is 1. The smallest absolute Gasteiger partial charge is 0.311 e. The first-order valence-electron chi connectivity index (χ1n) is 8.52. The Balaban J connectivity index is 1.74. The van der Waals surface area contributed by atoms with Crippen molar-refractivity contribution < 1.29 is 14.3 Å². The Kier molecular flexibility index (Phi) is 5.92. The van der Waals surface area contributed by atoms with E-state index in [4.69, 9.17) is 4.74 Å². The summed E-state index contributed by atoms with van der Waals surface area (Å²) in [5, 5.41) is 9.22. The number of hydrogen-bond acceptors (Lipinski definition) is 7. The highest BCUT2D eigenvalue weighted by atomic mass is 32.1. The highest BCUT2D eigenvalue weighted by molar-refractivity contribution is 7.14. The fraction of sp³-hybridized carbons (Fsp3) is 0.278. The zero-order valence-corrected chi connectivity index (χ0v) is 15.8. The van der Waals surface area contributed by atoms with Crippen LogP contribution in [-0.4, -0.2) is 38.2 Å². The third kappa shape index (κ3) is 4.37. The number of ether oxygens (including phenoxy) is 1. The molecule has 8 nitrogen and oxygen atoms in total. The maximum absolute atomic E-state index is 12.7. The zero-order chi connectivity index (χ0) is 19.2. The summed E-state index contributed by atoms with van der Waals surface area (Å²) >= 11 is 1.26. The fourth-order valence-electron chi connectivity index (χ4n) is 2.55. The Morgan fingerprint density at radius 1 is 1.30 bits per heavy atom. The average molecular weight is 385 g/mol. The summed E-state index contributed by atoms with van der Waals surface area (Å²) in [6, 6.07) is 5.52. The molecule has 27 heavy (non-hydrogen) atoms. The van der Waals surface area contributed by atoms with Crippen molar-refractivity contribution in [2.75, 3.05) is 11.9 Å². The van der Waals surface area contributed by atoms with Crippen molar-refractivity contribution in [1.29, 1.82) is 0 Å². The van der Waals surface area contributed by atoms with Crippen molar-refractivity contribution in [2.45, 2.75) is 26.7 Å². The van der Waals surface area contributed by atoms with Crippen LogP contribution >= 0.6 is 11.3 Å². The predicted octanol–water partition coefficient (Wildman–Crippen LogP) is 2.64. The van der Waals surface area contributed by atoms with Gasteiger partial charge in [-0.25, -0.2) is 14.6 Å². The SMILES string of the molecule is CCOC(=O)Cc1csc(NC(=O)c2cnn(-c3ccccn3)c2CC)n1. The van der Waals surface area contributed by atoms with E-state index >= 15 is 0 Å². The molecule has 0 saturated carbocycles. The molecular formula is C18H19N5O3S. The number of hydrogen-bond donors (Lipinski definition) is 1. The molecule has 3 rings (SSSR count). The molecule has 0 saturated heterocycles. The molecular weight excluding hydrogens is 366 g/mol. The van der Waals surface area contributed by atoms with Crippen LogP contribution in [-0.2, 0) is 22.4 Å². The standard InChI is InChI=1S/C18H19N5O3S/c1-3-14-13(10-20-23(14)15-7-5-6-8-19-15)17(25)22-18-21-12(11-27-18)9-16(24)26-4-2/h5-8,10-11H,3-4,9H2,1-2H3,(H,21,22,25). The largest absolute Gasteiger partial charge is 0.466 e. The maximum atomic E-state index is 12.7. The van der Waals surface area contributed by atoms with E-state index in [1.807, 2.05) is 25.1 Å². The van der Waals surface area contributed by atoms with Gasteiger partial charge in [0.2, 0.25) is 0 Å². The van der Waals surface area contributed by atoms with Crippen LogP contribution in [0.25, 0.3) is 5.82 Å². The molecule has 0 atom stereocenters. The second-order valence-corrected chi connectivity index (χ2v) is 6.40. The van der Waals surface area contributed by atoms with E-state index < -0.39 is 0 Å². The van der Waals surface area contributed by atoms with Crippen molar-refractivity contribution in [1.82, 2.24) is 19.7 Å². The van der Waals surface area contributed by atoms with Crippen molar-refractivity contribution in [2.24, 2.45) is 0 Å². The van der Waals surface area contributed by atoms with E-state index in [1.165, 1.54) is 17.5 Å². The molecule has 0 unspecified atom stereocenters. The summed E-state index contributed by atoms with van der Waals surface area (Å²) in [5.41, 5.74) is 1.79.